The van der Waals surface area contributed by atoms with Gasteiger partial charge in [0.2, 0.25) is 8.32 Å². The van der Waals surface area contributed by atoms with E-state index in [2.05, 4.69) is 73.8 Å². The van der Waals surface area contributed by atoms with Gasteiger partial charge in [-0.3, -0.25) is 0 Å². The molecule has 162 valence electrons. The molecule has 0 saturated carbocycles. The van der Waals surface area contributed by atoms with Crippen molar-refractivity contribution in [1.29, 1.82) is 5.26 Å². The molecule has 0 radical (unpaired) electrons. The molecule has 1 aromatic rings. The van der Waals surface area contributed by atoms with Gasteiger partial charge in [0.05, 0.1) is 6.26 Å². The van der Waals surface area contributed by atoms with Crippen LogP contribution in [0.5, 0.6) is 0 Å². The van der Waals surface area contributed by atoms with Gasteiger partial charge >= 0.3 is 0 Å². The monoisotopic (exact) mass is 433 g/mol. The van der Waals surface area contributed by atoms with Crippen LogP contribution in [0, 0.1) is 11.3 Å². The van der Waals surface area contributed by atoms with E-state index in [0.717, 1.165) is 0 Å². The lowest BCUT2D eigenvalue weighted by molar-refractivity contribution is 0.00651. The van der Waals surface area contributed by atoms with E-state index in [1.807, 2.05) is 30.3 Å². The van der Waals surface area contributed by atoms with Crippen molar-refractivity contribution in [2.24, 2.45) is 0 Å². The predicted octanol–water partition coefficient (Wildman–Crippen LogP) is 6.54. The van der Waals surface area contributed by atoms with Gasteiger partial charge in [0.25, 0.3) is 0 Å². The Bertz CT molecular complexity index is 740. The Kier molecular flexibility index (Phi) is 7.75. The second kappa shape index (κ2) is 8.77. The number of nitriles is 1. The summed E-state index contributed by atoms with van der Waals surface area (Å²) in [5.41, 5.74) is -0.878. The summed E-state index contributed by atoms with van der Waals surface area (Å²) in [7, 11) is -4.42. The molecule has 1 rings (SSSR count). The van der Waals surface area contributed by atoms with E-state index < -0.39 is 28.3 Å². The number of benzene rings is 1. The van der Waals surface area contributed by atoms with Gasteiger partial charge in [-0.15, -0.1) is 0 Å². The first kappa shape index (κ1) is 25.6. The summed E-state index contributed by atoms with van der Waals surface area (Å²) >= 11 is 0. The Hall–Kier alpha value is -1.40. The molecule has 0 bridgehead atoms. The number of aliphatic hydroxyl groups excluding tert-OH is 1. The van der Waals surface area contributed by atoms with Crippen LogP contribution in [0.1, 0.15) is 53.2 Å². The van der Waals surface area contributed by atoms with Crippen molar-refractivity contribution in [1.82, 2.24) is 0 Å². The third-order valence-corrected chi connectivity index (χ3v) is 15.2. The molecule has 29 heavy (non-hydrogen) atoms. The molecule has 1 N–H and O–H groups in total. The molecule has 0 fully saturated rings. The highest BCUT2D eigenvalue weighted by Gasteiger charge is 2.48. The first-order valence-electron chi connectivity index (χ1n) is 10.2. The van der Waals surface area contributed by atoms with Gasteiger partial charge < -0.3 is 14.0 Å². The minimum Gasteiger partial charge on any atom is -0.549 e. The number of rotatable bonds is 7. The Morgan fingerprint density at radius 1 is 0.931 bits per heavy atom. The Labute approximate surface area is 179 Å². The standard InChI is InChI=1S/C23H39NO3Si2/c1-21(2,3)28(7,8)26-17-16-23(18-24,27-29(9,10)22(4,5)6)20(25)19-14-12-11-13-15-19/h11-17,20,25H,1-10H3/b17-16+. The van der Waals surface area contributed by atoms with Gasteiger partial charge in [0, 0.05) is 0 Å². The van der Waals surface area contributed by atoms with Crippen LogP contribution in [0.3, 0.4) is 0 Å². The van der Waals surface area contributed by atoms with E-state index in [4.69, 9.17) is 8.85 Å². The molecule has 1 aromatic carbocycles. The largest absolute Gasteiger partial charge is 0.549 e. The molecule has 0 aliphatic carbocycles. The van der Waals surface area contributed by atoms with Gasteiger partial charge in [-0.1, -0.05) is 71.9 Å². The highest BCUT2D eigenvalue weighted by molar-refractivity contribution is 6.74. The Morgan fingerprint density at radius 2 is 1.41 bits per heavy atom. The van der Waals surface area contributed by atoms with E-state index in [-0.39, 0.29) is 10.1 Å². The van der Waals surface area contributed by atoms with Crippen molar-refractivity contribution in [3.8, 4) is 6.07 Å². The van der Waals surface area contributed by atoms with E-state index in [9.17, 15) is 10.4 Å². The molecular weight excluding hydrogens is 394 g/mol. The molecule has 0 saturated heterocycles. The van der Waals surface area contributed by atoms with Crippen LogP contribution in [-0.2, 0) is 8.85 Å². The Morgan fingerprint density at radius 3 is 1.83 bits per heavy atom. The highest BCUT2D eigenvalue weighted by Crippen LogP contribution is 2.43. The van der Waals surface area contributed by atoms with Crippen molar-refractivity contribution in [3.05, 3.63) is 48.2 Å². The highest BCUT2D eigenvalue weighted by atomic mass is 28.4. The molecule has 0 aliphatic rings. The molecule has 0 aliphatic heterocycles. The first-order valence-corrected chi connectivity index (χ1v) is 16.0. The zero-order valence-corrected chi connectivity index (χ0v) is 21.8. The molecule has 0 heterocycles. The van der Waals surface area contributed by atoms with Crippen LogP contribution in [0.25, 0.3) is 0 Å². The summed E-state index contributed by atoms with van der Waals surface area (Å²) < 4.78 is 12.7. The summed E-state index contributed by atoms with van der Waals surface area (Å²) in [6.07, 6.45) is 2.08. The predicted molar refractivity (Wildman–Crippen MR) is 125 cm³/mol. The second-order valence-electron chi connectivity index (χ2n) is 10.8. The number of nitrogens with zero attached hydrogens (tertiary/aromatic N) is 1. The van der Waals surface area contributed by atoms with Crippen LogP contribution in [0.2, 0.25) is 36.3 Å². The minimum absolute atomic E-state index is 0.0327. The zero-order chi connectivity index (χ0) is 22.7. The van der Waals surface area contributed by atoms with Gasteiger partial charge in [-0.2, -0.15) is 5.26 Å². The van der Waals surface area contributed by atoms with Crippen LogP contribution in [-0.4, -0.2) is 27.3 Å². The molecule has 0 aromatic heterocycles. The summed E-state index contributed by atoms with van der Waals surface area (Å²) in [5.74, 6) is 0. The molecular formula is C23H39NO3Si2. The van der Waals surface area contributed by atoms with E-state index >= 15 is 0 Å². The lowest BCUT2D eigenvalue weighted by atomic mass is 9.92. The van der Waals surface area contributed by atoms with Gasteiger partial charge in [0.1, 0.15) is 12.2 Å². The number of hydrogen-bond donors (Lipinski definition) is 1. The maximum Gasteiger partial charge on any atom is 0.249 e. The van der Waals surface area contributed by atoms with Crippen molar-refractivity contribution in [2.45, 2.75) is 89.5 Å². The third kappa shape index (κ3) is 6.05. The first-order chi connectivity index (χ1) is 13.0. The van der Waals surface area contributed by atoms with Crippen LogP contribution in [0.15, 0.2) is 42.7 Å². The second-order valence-corrected chi connectivity index (χ2v) is 20.2. The normalized spacial score (nSPS) is 16.9. The van der Waals surface area contributed by atoms with Crippen LogP contribution < -0.4 is 0 Å². The summed E-state index contributed by atoms with van der Waals surface area (Å²) in [6.45, 7) is 21.3. The summed E-state index contributed by atoms with van der Waals surface area (Å²) in [6, 6.07) is 11.5. The molecule has 0 amide bonds. The maximum absolute atomic E-state index is 11.2. The minimum atomic E-state index is -2.37. The van der Waals surface area contributed by atoms with E-state index in [1.165, 1.54) is 0 Å². The van der Waals surface area contributed by atoms with Crippen molar-refractivity contribution in [2.75, 3.05) is 0 Å². The topological polar surface area (TPSA) is 62.5 Å². The number of hydrogen-bond acceptors (Lipinski definition) is 4. The SMILES string of the molecule is CC(C)(C)[Si](C)(C)O/C=C/C(C#N)(O[Si](C)(C)C(C)(C)C)C(O)c1ccccc1. The van der Waals surface area contributed by atoms with Crippen LogP contribution in [0.4, 0.5) is 0 Å². The summed E-state index contributed by atoms with van der Waals surface area (Å²) in [4.78, 5) is 0. The van der Waals surface area contributed by atoms with E-state index in [1.54, 1.807) is 12.3 Å². The van der Waals surface area contributed by atoms with E-state index in [0.29, 0.717) is 5.56 Å². The zero-order valence-electron chi connectivity index (χ0n) is 19.8. The molecule has 0 spiro atoms. The van der Waals surface area contributed by atoms with Crippen molar-refractivity contribution < 1.29 is 14.0 Å². The fourth-order valence-electron chi connectivity index (χ4n) is 2.24. The smallest absolute Gasteiger partial charge is 0.249 e. The maximum atomic E-state index is 11.2. The quantitative estimate of drug-likeness (QED) is 0.392. The van der Waals surface area contributed by atoms with Crippen LogP contribution >= 0.6 is 0 Å². The molecule has 2 unspecified atom stereocenters. The Balaban J connectivity index is 3.41. The lowest BCUT2D eigenvalue weighted by Crippen LogP contribution is -2.51. The van der Waals surface area contributed by atoms with Gasteiger partial charge in [-0.05, 0) is 47.9 Å². The van der Waals surface area contributed by atoms with Gasteiger partial charge in [-0.25, -0.2) is 0 Å². The molecule has 4 nitrogen and oxygen atoms in total. The van der Waals surface area contributed by atoms with Crippen molar-refractivity contribution >= 4 is 16.6 Å². The third-order valence-electron chi connectivity index (χ3n) is 6.41. The lowest BCUT2D eigenvalue weighted by Gasteiger charge is -2.43. The molecule has 6 heteroatoms. The summed E-state index contributed by atoms with van der Waals surface area (Å²) in [5, 5.41) is 21.4. The van der Waals surface area contributed by atoms with Gasteiger partial charge in [0.15, 0.2) is 13.9 Å². The van der Waals surface area contributed by atoms with Crippen molar-refractivity contribution in [3.63, 3.8) is 0 Å². The fourth-order valence-corrected chi connectivity index (χ4v) is 4.38. The molecule has 2 atom stereocenters. The number of aliphatic hydroxyl groups is 1. The average Bonchev–Trinajstić information content (AvgIpc) is 2.58. The fraction of sp³-hybridized carbons (Fsp3) is 0.609. The average molecular weight is 434 g/mol.